The fraction of sp³-hybridized carbons (Fsp3) is 0. The molecule has 0 N–H and O–H groups in total. The van der Waals surface area contributed by atoms with Crippen LogP contribution in [-0.4, -0.2) is 24.1 Å². The first-order valence-electron chi connectivity index (χ1n) is 11.0. The van der Waals surface area contributed by atoms with Crippen molar-refractivity contribution in [2.45, 2.75) is 0 Å². The molecule has 0 aliphatic heterocycles. The van der Waals surface area contributed by atoms with Crippen LogP contribution in [0.2, 0.25) is 0 Å². The molecule has 0 unspecified atom stereocenters. The predicted molar refractivity (Wildman–Crippen MR) is 143 cm³/mol. The number of fused-ring (bicyclic) bond motifs is 9. The third kappa shape index (κ3) is 2.41. The number of nitrogens with zero attached hydrogens (tertiary/aromatic N) is 2. The summed E-state index contributed by atoms with van der Waals surface area (Å²) in [6.45, 7) is 0. The maximum atomic E-state index is 4.85. The van der Waals surface area contributed by atoms with Gasteiger partial charge in [0.2, 0.25) is 0 Å². The number of rotatable bonds is 1. The molecule has 0 saturated carbocycles. The Morgan fingerprint density at radius 2 is 1.48 bits per heavy atom. The Morgan fingerprint density at radius 1 is 0.636 bits per heavy atom. The van der Waals surface area contributed by atoms with Crippen molar-refractivity contribution in [3.05, 3.63) is 97.2 Å². The average molecular weight is 503 g/mol. The molecule has 0 aliphatic carbocycles. The Bertz CT molecular complexity index is 2040. The SMILES string of the molecule is c1ccc2c(c1)sc1cc3c(cc12)c1ncccc1n3-c1cccc2c1[se]c1ccccc12. The van der Waals surface area contributed by atoms with Gasteiger partial charge in [-0.05, 0) is 0 Å². The fourth-order valence-electron chi connectivity index (χ4n) is 5.22. The molecule has 4 aromatic carbocycles. The minimum atomic E-state index is 0.287. The molecule has 0 atom stereocenters. The van der Waals surface area contributed by atoms with E-state index in [0.717, 1.165) is 5.52 Å². The summed E-state index contributed by atoms with van der Waals surface area (Å²) >= 11 is 2.16. The molecular formula is C29H16N2SSe. The van der Waals surface area contributed by atoms with Crippen LogP contribution < -0.4 is 0 Å². The Labute approximate surface area is 199 Å². The minimum absolute atomic E-state index is 0.287. The zero-order valence-electron chi connectivity index (χ0n) is 17.4. The van der Waals surface area contributed by atoms with Crippen LogP contribution in [0.25, 0.3) is 67.1 Å². The van der Waals surface area contributed by atoms with Gasteiger partial charge in [0, 0.05) is 0 Å². The van der Waals surface area contributed by atoms with Crippen molar-refractivity contribution in [3.63, 3.8) is 0 Å². The van der Waals surface area contributed by atoms with Gasteiger partial charge in [-0.1, -0.05) is 0 Å². The van der Waals surface area contributed by atoms with Crippen molar-refractivity contribution in [1.29, 1.82) is 0 Å². The van der Waals surface area contributed by atoms with E-state index in [1.165, 1.54) is 61.6 Å². The maximum absolute atomic E-state index is 4.85. The summed E-state index contributed by atoms with van der Waals surface area (Å²) in [5.41, 5.74) is 4.78. The Morgan fingerprint density at radius 3 is 2.45 bits per heavy atom. The van der Waals surface area contributed by atoms with Crippen LogP contribution in [0.1, 0.15) is 0 Å². The van der Waals surface area contributed by atoms with Gasteiger partial charge < -0.3 is 0 Å². The second-order valence-corrected chi connectivity index (χ2v) is 11.7. The summed E-state index contributed by atoms with van der Waals surface area (Å²) in [6.07, 6.45) is 1.91. The van der Waals surface area contributed by atoms with Crippen LogP contribution in [0.3, 0.4) is 0 Å². The van der Waals surface area contributed by atoms with Crippen molar-refractivity contribution in [3.8, 4) is 5.69 Å². The summed E-state index contributed by atoms with van der Waals surface area (Å²) in [6, 6.07) is 33.4. The Kier molecular flexibility index (Phi) is 3.58. The molecule has 0 spiro atoms. The molecule has 4 aromatic heterocycles. The first-order chi connectivity index (χ1) is 16.4. The molecule has 154 valence electrons. The van der Waals surface area contributed by atoms with Crippen LogP contribution in [0.15, 0.2) is 97.2 Å². The number of thiophene rings is 1. The molecular weight excluding hydrogens is 487 g/mol. The molecule has 4 heteroatoms. The monoisotopic (exact) mass is 504 g/mol. The summed E-state index contributed by atoms with van der Waals surface area (Å²) in [5.74, 6) is 0. The fourth-order valence-corrected chi connectivity index (χ4v) is 8.87. The summed E-state index contributed by atoms with van der Waals surface area (Å²) < 4.78 is 8.05. The van der Waals surface area contributed by atoms with Crippen molar-refractivity contribution in [2.24, 2.45) is 0 Å². The second kappa shape index (κ2) is 6.55. The second-order valence-electron chi connectivity index (χ2n) is 8.42. The van der Waals surface area contributed by atoms with Gasteiger partial charge in [-0.2, -0.15) is 0 Å². The van der Waals surface area contributed by atoms with Gasteiger partial charge >= 0.3 is 200 Å². The molecule has 0 saturated heterocycles. The standard InChI is InChI=1S/C29H16N2SSe/c1-3-12-25-17(7-1)20-15-21-24(16-26(20)32-25)31(22-11-6-14-30-28(21)22)23-10-5-9-19-18-8-2-4-13-27(18)33-29(19)23/h1-16H. The summed E-state index contributed by atoms with van der Waals surface area (Å²) in [7, 11) is 0. The topological polar surface area (TPSA) is 17.8 Å². The third-order valence-electron chi connectivity index (χ3n) is 6.64. The molecule has 0 amide bonds. The van der Waals surface area contributed by atoms with E-state index in [4.69, 9.17) is 4.98 Å². The van der Waals surface area contributed by atoms with Crippen LogP contribution in [0.4, 0.5) is 0 Å². The van der Waals surface area contributed by atoms with Crippen molar-refractivity contribution in [2.75, 3.05) is 0 Å². The van der Waals surface area contributed by atoms with E-state index in [2.05, 4.69) is 95.6 Å². The van der Waals surface area contributed by atoms with Gasteiger partial charge in [0.1, 0.15) is 0 Å². The van der Waals surface area contributed by atoms with E-state index in [0.29, 0.717) is 0 Å². The Hall–Kier alpha value is -3.43. The van der Waals surface area contributed by atoms with E-state index in [-0.39, 0.29) is 14.5 Å². The van der Waals surface area contributed by atoms with E-state index in [9.17, 15) is 0 Å². The van der Waals surface area contributed by atoms with Crippen LogP contribution in [0, 0.1) is 0 Å². The van der Waals surface area contributed by atoms with E-state index < -0.39 is 0 Å². The Balaban J connectivity index is 1.57. The van der Waals surface area contributed by atoms with Crippen molar-refractivity contribution >= 4 is 87.2 Å². The summed E-state index contributed by atoms with van der Waals surface area (Å²) in [5, 5.41) is 6.64. The average Bonchev–Trinajstić information content (AvgIpc) is 3.52. The van der Waals surface area contributed by atoms with Gasteiger partial charge in [-0.25, -0.2) is 0 Å². The molecule has 0 bridgehead atoms. The van der Waals surface area contributed by atoms with Gasteiger partial charge in [0.15, 0.2) is 0 Å². The number of aromatic nitrogens is 2. The van der Waals surface area contributed by atoms with Gasteiger partial charge in [-0.3, -0.25) is 0 Å². The van der Waals surface area contributed by atoms with Gasteiger partial charge in [-0.15, -0.1) is 0 Å². The molecule has 0 fully saturated rings. The molecule has 4 heterocycles. The molecule has 0 radical (unpaired) electrons. The first kappa shape index (κ1) is 18.0. The van der Waals surface area contributed by atoms with Crippen molar-refractivity contribution in [1.82, 2.24) is 9.55 Å². The predicted octanol–water partition coefficient (Wildman–Crippen LogP) is 7.91. The van der Waals surface area contributed by atoms with Gasteiger partial charge in [0.25, 0.3) is 0 Å². The van der Waals surface area contributed by atoms with Crippen molar-refractivity contribution < 1.29 is 0 Å². The van der Waals surface area contributed by atoms with E-state index in [1.807, 2.05) is 17.5 Å². The first-order valence-corrected chi connectivity index (χ1v) is 13.5. The summed E-state index contributed by atoms with van der Waals surface area (Å²) in [4.78, 5) is 4.85. The zero-order chi connectivity index (χ0) is 21.5. The molecule has 8 aromatic rings. The zero-order valence-corrected chi connectivity index (χ0v) is 20.0. The number of hydrogen-bond donors (Lipinski definition) is 0. The van der Waals surface area contributed by atoms with Crippen LogP contribution in [0.5, 0.6) is 0 Å². The molecule has 0 aliphatic rings. The number of benzene rings is 4. The molecule has 2 nitrogen and oxygen atoms in total. The van der Waals surface area contributed by atoms with Crippen LogP contribution in [-0.2, 0) is 0 Å². The third-order valence-corrected chi connectivity index (χ3v) is 10.3. The van der Waals surface area contributed by atoms with E-state index >= 15 is 0 Å². The molecule has 8 rings (SSSR count). The normalized spacial score (nSPS) is 12.2. The van der Waals surface area contributed by atoms with Crippen LogP contribution >= 0.6 is 11.3 Å². The number of pyridine rings is 1. The molecule has 33 heavy (non-hydrogen) atoms. The van der Waals surface area contributed by atoms with Gasteiger partial charge in [0.05, 0.1) is 0 Å². The quantitative estimate of drug-likeness (QED) is 0.208. The number of hydrogen-bond acceptors (Lipinski definition) is 2. The van der Waals surface area contributed by atoms with E-state index in [1.54, 1.807) is 0 Å².